The van der Waals surface area contributed by atoms with Gasteiger partial charge in [-0.05, 0) is 12.3 Å². The van der Waals surface area contributed by atoms with Crippen LogP contribution in [-0.4, -0.2) is 23.2 Å². The Kier molecular flexibility index (Phi) is 6.24. The minimum Gasteiger partial charge on any atom is -0.383 e. The number of allylic oxidation sites excluding steroid dienone is 1. The van der Waals surface area contributed by atoms with Crippen LogP contribution >= 0.6 is 0 Å². The standard InChI is InChI=1S/C8H17NO2S/c1-4-5-7(2)8(6-11-3)12(9)10/h4,7-8H,1,5-6,9H2,2-3H3. The molecule has 0 amide bonds. The molecule has 3 unspecified atom stereocenters. The van der Waals surface area contributed by atoms with Crippen LogP contribution in [0.1, 0.15) is 13.3 Å². The number of hydrogen-bond acceptors (Lipinski definition) is 2. The van der Waals surface area contributed by atoms with Gasteiger partial charge in [0, 0.05) is 7.11 Å². The van der Waals surface area contributed by atoms with Crippen molar-refractivity contribution in [3.63, 3.8) is 0 Å². The minimum atomic E-state index is -1.31. The van der Waals surface area contributed by atoms with Gasteiger partial charge in [-0.1, -0.05) is 13.0 Å². The Morgan fingerprint density at radius 3 is 2.67 bits per heavy atom. The van der Waals surface area contributed by atoms with Crippen LogP contribution in [0, 0.1) is 5.92 Å². The molecule has 0 bridgehead atoms. The van der Waals surface area contributed by atoms with Gasteiger partial charge in [0.05, 0.1) is 22.8 Å². The van der Waals surface area contributed by atoms with Crippen LogP contribution in [0.4, 0.5) is 0 Å². The van der Waals surface area contributed by atoms with Crippen molar-refractivity contribution >= 4 is 11.0 Å². The molecule has 3 nitrogen and oxygen atoms in total. The molecular weight excluding hydrogens is 174 g/mol. The maximum atomic E-state index is 11.0. The molecule has 0 fully saturated rings. The van der Waals surface area contributed by atoms with Gasteiger partial charge in [0.2, 0.25) is 0 Å². The number of rotatable bonds is 6. The minimum absolute atomic E-state index is 0.0898. The summed E-state index contributed by atoms with van der Waals surface area (Å²) >= 11 is 0. The third-order valence-corrected chi connectivity index (χ3v) is 3.00. The van der Waals surface area contributed by atoms with Gasteiger partial charge in [0.25, 0.3) is 0 Å². The zero-order chi connectivity index (χ0) is 9.56. The molecule has 0 aromatic rings. The second-order valence-corrected chi connectivity index (χ2v) is 4.09. The van der Waals surface area contributed by atoms with Crippen molar-refractivity contribution in [2.24, 2.45) is 11.1 Å². The first-order valence-electron chi connectivity index (χ1n) is 3.88. The summed E-state index contributed by atoms with van der Waals surface area (Å²) in [6.07, 6.45) is 2.62. The largest absolute Gasteiger partial charge is 0.383 e. The third kappa shape index (κ3) is 3.99. The molecule has 0 aliphatic rings. The van der Waals surface area contributed by atoms with Gasteiger partial charge >= 0.3 is 0 Å². The predicted octanol–water partition coefficient (Wildman–Crippen LogP) is 0.836. The zero-order valence-corrected chi connectivity index (χ0v) is 8.47. The van der Waals surface area contributed by atoms with E-state index in [0.717, 1.165) is 6.42 Å². The van der Waals surface area contributed by atoms with E-state index in [1.165, 1.54) is 0 Å². The molecule has 0 rings (SSSR count). The van der Waals surface area contributed by atoms with E-state index in [0.29, 0.717) is 6.61 Å². The third-order valence-electron chi connectivity index (χ3n) is 1.80. The Bertz CT molecular complexity index is 161. The van der Waals surface area contributed by atoms with Gasteiger partial charge < -0.3 is 4.74 Å². The highest BCUT2D eigenvalue weighted by atomic mass is 32.2. The van der Waals surface area contributed by atoms with E-state index in [9.17, 15) is 4.21 Å². The van der Waals surface area contributed by atoms with Crippen LogP contribution in [0.15, 0.2) is 12.7 Å². The fraction of sp³-hybridized carbons (Fsp3) is 0.750. The molecule has 0 aromatic carbocycles. The summed E-state index contributed by atoms with van der Waals surface area (Å²) in [4.78, 5) is 0. The van der Waals surface area contributed by atoms with Crippen LogP contribution in [0.25, 0.3) is 0 Å². The van der Waals surface area contributed by atoms with Gasteiger partial charge in [-0.15, -0.1) is 6.58 Å². The summed E-state index contributed by atoms with van der Waals surface area (Å²) in [6, 6.07) is 0. The van der Waals surface area contributed by atoms with Crippen LogP contribution in [0.5, 0.6) is 0 Å². The SMILES string of the molecule is C=CCC(C)C(COC)S(N)=O. The fourth-order valence-corrected chi connectivity index (χ4v) is 1.88. The Balaban J connectivity index is 4.07. The highest BCUT2D eigenvalue weighted by Crippen LogP contribution is 2.12. The highest BCUT2D eigenvalue weighted by molar-refractivity contribution is 7.83. The average molecular weight is 191 g/mol. The molecule has 0 aliphatic heterocycles. The number of nitrogens with two attached hydrogens (primary N) is 1. The van der Waals surface area contributed by atoms with Gasteiger partial charge in [-0.3, -0.25) is 5.14 Å². The summed E-state index contributed by atoms with van der Waals surface area (Å²) in [5.74, 6) is 0.258. The maximum Gasteiger partial charge on any atom is 0.0946 e. The summed E-state index contributed by atoms with van der Waals surface area (Å²) in [7, 11) is 0.276. The van der Waals surface area contributed by atoms with E-state index >= 15 is 0 Å². The lowest BCUT2D eigenvalue weighted by molar-refractivity contribution is 0.184. The number of methoxy groups -OCH3 is 1. The van der Waals surface area contributed by atoms with E-state index in [2.05, 4.69) is 6.58 Å². The lowest BCUT2D eigenvalue weighted by atomic mass is 10.0. The van der Waals surface area contributed by atoms with Gasteiger partial charge in [-0.25, -0.2) is 4.21 Å². The molecule has 12 heavy (non-hydrogen) atoms. The van der Waals surface area contributed by atoms with Crippen LogP contribution < -0.4 is 5.14 Å². The second kappa shape index (κ2) is 6.34. The molecule has 0 saturated carbocycles. The Morgan fingerprint density at radius 2 is 2.33 bits per heavy atom. The van der Waals surface area contributed by atoms with Crippen molar-refractivity contribution in [3.05, 3.63) is 12.7 Å². The Labute approximate surface area is 76.6 Å². The smallest absolute Gasteiger partial charge is 0.0946 e. The number of ether oxygens (including phenoxy) is 1. The lowest BCUT2D eigenvalue weighted by Crippen LogP contribution is -2.32. The molecule has 0 saturated heterocycles. The van der Waals surface area contributed by atoms with Gasteiger partial charge in [0.1, 0.15) is 0 Å². The molecule has 2 N–H and O–H groups in total. The molecule has 0 aliphatic carbocycles. The summed E-state index contributed by atoms with van der Waals surface area (Å²) in [5, 5.41) is 5.22. The van der Waals surface area contributed by atoms with Crippen molar-refractivity contribution in [2.45, 2.75) is 18.6 Å². The monoisotopic (exact) mass is 191 g/mol. The van der Waals surface area contributed by atoms with E-state index in [1.807, 2.05) is 6.92 Å². The molecule has 3 atom stereocenters. The summed E-state index contributed by atoms with van der Waals surface area (Å²) in [6.45, 7) is 6.06. The molecule has 72 valence electrons. The molecule has 0 spiro atoms. The second-order valence-electron chi connectivity index (χ2n) is 2.82. The average Bonchev–Trinajstić information content (AvgIpc) is 1.99. The quantitative estimate of drug-likeness (QED) is 0.632. The van der Waals surface area contributed by atoms with Crippen molar-refractivity contribution in [1.29, 1.82) is 0 Å². The normalized spacial score (nSPS) is 18.2. The van der Waals surface area contributed by atoms with E-state index < -0.39 is 11.0 Å². The van der Waals surface area contributed by atoms with Crippen molar-refractivity contribution in [3.8, 4) is 0 Å². The molecular formula is C8H17NO2S. The Hall–Kier alpha value is -0.190. The first-order chi connectivity index (χ1) is 5.63. The molecule has 0 heterocycles. The summed E-state index contributed by atoms with van der Waals surface area (Å²) < 4.78 is 16.0. The van der Waals surface area contributed by atoms with E-state index in [4.69, 9.17) is 9.88 Å². The van der Waals surface area contributed by atoms with Crippen LogP contribution in [-0.2, 0) is 15.7 Å². The molecule has 0 radical (unpaired) electrons. The van der Waals surface area contributed by atoms with Crippen molar-refractivity contribution in [1.82, 2.24) is 0 Å². The first-order valence-corrected chi connectivity index (χ1v) is 5.15. The van der Waals surface area contributed by atoms with E-state index in [-0.39, 0.29) is 11.2 Å². The predicted molar refractivity (Wildman–Crippen MR) is 52.0 cm³/mol. The van der Waals surface area contributed by atoms with Crippen molar-refractivity contribution in [2.75, 3.05) is 13.7 Å². The topological polar surface area (TPSA) is 52.3 Å². The number of hydrogen-bond donors (Lipinski definition) is 1. The molecule has 0 aromatic heterocycles. The van der Waals surface area contributed by atoms with Gasteiger partial charge in [0.15, 0.2) is 0 Å². The maximum absolute atomic E-state index is 11.0. The summed E-state index contributed by atoms with van der Waals surface area (Å²) in [5.41, 5.74) is 0. The van der Waals surface area contributed by atoms with Crippen molar-refractivity contribution < 1.29 is 8.95 Å². The first kappa shape index (κ1) is 11.8. The van der Waals surface area contributed by atoms with E-state index in [1.54, 1.807) is 13.2 Å². The lowest BCUT2D eigenvalue weighted by Gasteiger charge is -2.18. The highest BCUT2D eigenvalue weighted by Gasteiger charge is 2.20. The fourth-order valence-electron chi connectivity index (χ4n) is 1.04. The van der Waals surface area contributed by atoms with Crippen LogP contribution in [0.3, 0.4) is 0 Å². The zero-order valence-electron chi connectivity index (χ0n) is 7.66. The Morgan fingerprint density at radius 1 is 1.75 bits per heavy atom. The van der Waals surface area contributed by atoms with Crippen LogP contribution in [0.2, 0.25) is 0 Å². The van der Waals surface area contributed by atoms with Gasteiger partial charge in [-0.2, -0.15) is 0 Å². The molecule has 4 heteroatoms.